The first kappa shape index (κ1) is 18.1. The van der Waals surface area contributed by atoms with E-state index in [9.17, 15) is 9.18 Å². The molecule has 0 radical (unpaired) electrons. The Kier molecular flexibility index (Phi) is 6.01. The van der Waals surface area contributed by atoms with E-state index in [0.29, 0.717) is 25.5 Å². The van der Waals surface area contributed by atoms with Crippen molar-refractivity contribution in [1.82, 2.24) is 4.98 Å². The second-order valence-corrected chi connectivity index (χ2v) is 6.02. The molecule has 1 saturated heterocycles. The maximum Gasteiger partial charge on any atom is 0.225 e. The number of pyridine rings is 1. The van der Waals surface area contributed by atoms with Crippen molar-refractivity contribution in [1.29, 1.82) is 0 Å². The Labute approximate surface area is 151 Å². The first-order valence-electron chi connectivity index (χ1n) is 8.57. The van der Waals surface area contributed by atoms with E-state index in [1.54, 1.807) is 24.4 Å². The SMILES string of the molecule is COc1ccc(CCC(=O)Nc2ccc(N3CCOCC3)cn2)cc1F. The third-order valence-electron chi connectivity index (χ3n) is 4.25. The lowest BCUT2D eigenvalue weighted by molar-refractivity contribution is -0.116. The fourth-order valence-electron chi connectivity index (χ4n) is 2.80. The predicted octanol–water partition coefficient (Wildman–Crippen LogP) is 2.64. The third kappa shape index (κ3) is 4.70. The van der Waals surface area contributed by atoms with Crippen molar-refractivity contribution < 1.29 is 18.7 Å². The van der Waals surface area contributed by atoms with Crippen LogP contribution in [0, 0.1) is 5.82 Å². The molecule has 7 heteroatoms. The predicted molar refractivity (Wildman–Crippen MR) is 97.2 cm³/mol. The van der Waals surface area contributed by atoms with Crippen LogP contribution in [-0.4, -0.2) is 44.3 Å². The van der Waals surface area contributed by atoms with E-state index >= 15 is 0 Å². The molecule has 0 saturated carbocycles. The van der Waals surface area contributed by atoms with Crippen LogP contribution in [-0.2, 0) is 16.0 Å². The molecule has 138 valence electrons. The average Bonchev–Trinajstić information content (AvgIpc) is 2.68. The van der Waals surface area contributed by atoms with Gasteiger partial charge in [0.15, 0.2) is 11.6 Å². The molecule has 0 aliphatic carbocycles. The second-order valence-electron chi connectivity index (χ2n) is 6.02. The van der Waals surface area contributed by atoms with E-state index in [2.05, 4.69) is 15.2 Å². The first-order valence-corrected chi connectivity index (χ1v) is 8.57. The highest BCUT2D eigenvalue weighted by Crippen LogP contribution is 2.19. The molecule has 1 aliphatic heterocycles. The van der Waals surface area contributed by atoms with Gasteiger partial charge in [-0.1, -0.05) is 6.07 Å². The van der Waals surface area contributed by atoms with Crippen molar-refractivity contribution in [3.8, 4) is 5.75 Å². The van der Waals surface area contributed by atoms with Gasteiger partial charge in [0.05, 0.1) is 32.2 Å². The summed E-state index contributed by atoms with van der Waals surface area (Å²) in [5.41, 5.74) is 1.76. The Morgan fingerprint density at radius 1 is 1.31 bits per heavy atom. The van der Waals surface area contributed by atoms with Crippen molar-refractivity contribution in [3.63, 3.8) is 0 Å². The highest BCUT2D eigenvalue weighted by Gasteiger charge is 2.12. The summed E-state index contributed by atoms with van der Waals surface area (Å²) in [4.78, 5) is 18.6. The molecule has 2 aromatic rings. The number of hydrogen-bond acceptors (Lipinski definition) is 5. The number of anilines is 2. The number of rotatable bonds is 6. The standard InChI is InChI=1S/C19H22FN3O3/c1-25-17-5-2-14(12-16(17)20)3-7-19(24)22-18-6-4-15(13-21-18)23-8-10-26-11-9-23/h2,4-6,12-13H,3,7-11H2,1H3,(H,21,22,24). The largest absolute Gasteiger partial charge is 0.494 e. The molecule has 0 spiro atoms. The summed E-state index contributed by atoms with van der Waals surface area (Å²) < 4.78 is 23.9. The van der Waals surface area contributed by atoms with Crippen molar-refractivity contribution >= 4 is 17.4 Å². The third-order valence-corrected chi connectivity index (χ3v) is 4.25. The Morgan fingerprint density at radius 3 is 2.77 bits per heavy atom. The molecule has 26 heavy (non-hydrogen) atoms. The van der Waals surface area contributed by atoms with Crippen LogP contribution < -0.4 is 15.0 Å². The van der Waals surface area contributed by atoms with Crippen LogP contribution >= 0.6 is 0 Å². The molecule has 2 heterocycles. The van der Waals surface area contributed by atoms with Crippen molar-refractivity contribution in [3.05, 3.63) is 47.9 Å². The average molecular weight is 359 g/mol. The van der Waals surface area contributed by atoms with Gasteiger partial charge in [0.25, 0.3) is 0 Å². The lowest BCUT2D eigenvalue weighted by atomic mass is 10.1. The van der Waals surface area contributed by atoms with Gasteiger partial charge in [-0.3, -0.25) is 4.79 Å². The monoisotopic (exact) mass is 359 g/mol. The Hall–Kier alpha value is -2.67. The van der Waals surface area contributed by atoms with E-state index in [0.717, 1.165) is 24.3 Å². The summed E-state index contributed by atoms with van der Waals surface area (Å²) in [5.74, 6) is 0.120. The van der Waals surface area contributed by atoms with Gasteiger partial charge in [0.1, 0.15) is 5.82 Å². The summed E-state index contributed by atoms with van der Waals surface area (Å²) in [6.07, 6.45) is 2.44. The molecule has 0 bridgehead atoms. The zero-order valence-corrected chi connectivity index (χ0v) is 14.7. The van der Waals surface area contributed by atoms with Crippen LogP contribution in [0.3, 0.4) is 0 Å². The fourth-order valence-corrected chi connectivity index (χ4v) is 2.80. The van der Waals surface area contributed by atoms with Crippen LogP contribution in [0.4, 0.5) is 15.9 Å². The van der Waals surface area contributed by atoms with Gasteiger partial charge in [-0.15, -0.1) is 0 Å². The molecule has 1 aromatic carbocycles. The number of nitrogens with one attached hydrogen (secondary N) is 1. The maximum absolute atomic E-state index is 13.7. The van der Waals surface area contributed by atoms with E-state index in [4.69, 9.17) is 9.47 Å². The van der Waals surface area contributed by atoms with Gasteiger partial charge in [-0.25, -0.2) is 9.37 Å². The second kappa shape index (κ2) is 8.62. The van der Waals surface area contributed by atoms with Gasteiger partial charge in [-0.05, 0) is 36.2 Å². The molecule has 0 unspecified atom stereocenters. The van der Waals surface area contributed by atoms with Crippen LogP contribution in [0.15, 0.2) is 36.5 Å². The molecule has 3 rings (SSSR count). The number of aryl methyl sites for hydroxylation is 1. The van der Waals surface area contributed by atoms with Gasteiger partial charge in [0.2, 0.25) is 5.91 Å². The number of hydrogen-bond donors (Lipinski definition) is 1. The number of benzene rings is 1. The minimum atomic E-state index is -0.425. The van der Waals surface area contributed by atoms with E-state index in [1.165, 1.54) is 13.2 Å². The Morgan fingerprint density at radius 2 is 2.12 bits per heavy atom. The highest BCUT2D eigenvalue weighted by molar-refractivity contribution is 5.89. The number of halogens is 1. The molecule has 6 nitrogen and oxygen atoms in total. The minimum absolute atomic E-state index is 0.159. The summed E-state index contributed by atoms with van der Waals surface area (Å²) in [6.45, 7) is 3.10. The number of carbonyl (C=O) groups is 1. The fraction of sp³-hybridized carbons (Fsp3) is 0.368. The zero-order valence-electron chi connectivity index (χ0n) is 14.7. The van der Waals surface area contributed by atoms with Gasteiger partial charge in [-0.2, -0.15) is 0 Å². The van der Waals surface area contributed by atoms with Gasteiger partial charge in [0, 0.05) is 19.5 Å². The number of aromatic nitrogens is 1. The molecule has 1 amide bonds. The topological polar surface area (TPSA) is 63.7 Å². The lowest BCUT2D eigenvalue weighted by Gasteiger charge is -2.28. The first-order chi connectivity index (χ1) is 12.7. The Balaban J connectivity index is 1.50. The summed E-state index contributed by atoms with van der Waals surface area (Å²) in [5, 5.41) is 2.77. The Bertz CT molecular complexity index is 746. The molecule has 1 fully saturated rings. The normalized spacial score (nSPS) is 14.2. The molecule has 1 aliphatic rings. The van der Waals surface area contributed by atoms with Crippen LogP contribution in [0.1, 0.15) is 12.0 Å². The summed E-state index contributed by atoms with van der Waals surface area (Å²) in [6, 6.07) is 8.43. The smallest absolute Gasteiger partial charge is 0.225 e. The van der Waals surface area contributed by atoms with Crippen LogP contribution in [0.5, 0.6) is 5.75 Å². The van der Waals surface area contributed by atoms with E-state index in [1.807, 2.05) is 6.07 Å². The van der Waals surface area contributed by atoms with Crippen molar-refractivity contribution in [2.24, 2.45) is 0 Å². The lowest BCUT2D eigenvalue weighted by Crippen LogP contribution is -2.36. The van der Waals surface area contributed by atoms with E-state index < -0.39 is 5.82 Å². The van der Waals surface area contributed by atoms with E-state index in [-0.39, 0.29) is 18.1 Å². The van der Waals surface area contributed by atoms with Crippen molar-refractivity contribution in [2.75, 3.05) is 43.6 Å². The molecule has 0 atom stereocenters. The number of ether oxygens (including phenoxy) is 2. The highest BCUT2D eigenvalue weighted by atomic mass is 19.1. The van der Waals surface area contributed by atoms with Crippen LogP contribution in [0.2, 0.25) is 0 Å². The molecular weight excluding hydrogens is 337 g/mol. The van der Waals surface area contributed by atoms with Gasteiger partial charge < -0.3 is 19.7 Å². The molecule has 1 aromatic heterocycles. The molecule has 1 N–H and O–H groups in total. The van der Waals surface area contributed by atoms with Crippen molar-refractivity contribution in [2.45, 2.75) is 12.8 Å². The summed E-state index contributed by atoms with van der Waals surface area (Å²) in [7, 11) is 1.42. The van der Waals surface area contributed by atoms with Gasteiger partial charge >= 0.3 is 0 Å². The number of nitrogens with zero attached hydrogens (tertiary/aromatic N) is 2. The summed E-state index contributed by atoms with van der Waals surface area (Å²) >= 11 is 0. The number of methoxy groups -OCH3 is 1. The minimum Gasteiger partial charge on any atom is -0.494 e. The van der Waals surface area contributed by atoms with Crippen LogP contribution in [0.25, 0.3) is 0 Å². The number of carbonyl (C=O) groups excluding carboxylic acids is 1. The molecular formula is C19H22FN3O3. The quantitative estimate of drug-likeness (QED) is 0.859. The number of morpholine rings is 1. The number of amides is 1. The maximum atomic E-state index is 13.7. The zero-order chi connectivity index (χ0) is 18.4.